The predicted molar refractivity (Wildman–Crippen MR) is 41.0 cm³/mol. The number of aromatic nitrogens is 2. The molecule has 0 atom stereocenters. The highest BCUT2D eigenvalue weighted by molar-refractivity contribution is 6.67. The van der Waals surface area contributed by atoms with Gasteiger partial charge in [0.25, 0.3) is 0 Å². The minimum Gasteiger partial charge on any atom is -0.210 e. The van der Waals surface area contributed by atoms with E-state index in [1.165, 1.54) is 18.3 Å². The summed E-state index contributed by atoms with van der Waals surface area (Å²) < 4.78 is 35.5. The van der Waals surface area contributed by atoms with Crippen molar-refractivity contribution in [1.82, 2.24) is 10.2 Å². The van der Waals surface area contributed by atoms with Crippen LogP contribution in [-0.4, -0.2) is 21.5 Å². The van der Waals surface area contributed by atoms with Gasteiger partial charge in [-0.3, -0.25) is 0 Å². The van der Waals surface area contributed by atoms with Gasteiger partial charge in [-0.1, -0.05) is 11.6 Å². The van der Waals surface area contributed by atoms with Crippen molar-refractivity contribution in [3.05, 3.63) is 18.3 Å². The van der Waals surface area contributed by atoms with Crippen LogP contribution in [0.1, 0.15) is 0 Å². The van der Waals surface area contributed by atoms with E-state index in [4.69, 9.17) is 11.6 Å². The molecule has 1 aromatic heterocycles. The molecule has 13 heavy (non-hydrogen) atoms. The second-order valence-corrected chi connectivity index (χ2v) is 2.34. The zero-order chi connectivity index (χ0) is 9.90. The first kappa shape index (κ1) is 9.91. The monoisotopic (exact) mass is 209 g/mol. The maximum Gasteiger partial charge on any atom is 0.444 e. The normalized spacial score (nSPS) is 13.1. The molecule has 0 aliphatic carbocycles. The lowest BCUT2D eigenvalue weighted by Gasteiger charge is -2.01. The minimum absolute atomic E-state index is 0.176. The number of aliphatic imine (C=N–C) groups is 1. The third kappa shape index (κ3) is 2.98. The van der Waals surface area contributed by atoms with Crippen LogP contribution >= 0.6 is 11.6 Å². The van der Waals surface area contributed by atoms with Crippen molar-refractivity contribution in [2.45, 2.75) is 6.18 Å². The van der Waals surface area contributed by atoms with Gasteiger partial charge in [0.15, 0.2) is 5.82 Å². The van der Waals surface area contributed by atoms with E-state index in [2.05, 4.69) is 15.2 Å². The van der Waals surface area contributed by atoms with Crippen molar-refractivity contribution in [3.63, 3.8) is 0 Å². The summed E-state index contributed by atoms with van der Waals surface area (Å²) in [5.74, 6) is -0.176. The quantitative estimate of drug-likeness (QED) is 0.666. The van der Waals surface area contributed by atoms with Crippen molar-refractivity contribution in [2.24, 2.45) is 4.99 Å². The largest absolute Gasteiger partial charge is 0.444 e. The van der Waals surface area contributed by atoms with E-state index < -0.39 is 11.3 Å². The van der Waals surface area contributed by atoms with Crippen molar-refractivity contribution in [1.29, 1.82) is 0 Å². The van der Waals surface area contributed by atoms with E-state index in [1.54, 1.807) is 0 Å². The van der Waals surface area contributed by atoms with Crippen LogP contribution < -0.4 is 0 Å². The summed E-state index contributed by atoms with van der Waals surface area (Å²) in [6, 6.07) is 2.67. The first-order valence-corrected chi connectivity index (χ1v) is 3.47. The van der Waals surface area contributed by atoms with Crippen LogP contribution in [0.15, 0.2) is 23.3 Å². The fourth-order valence-electron chi connectivity index (χ4n) is 0.517. The number of hydrogen-bond acceptors (Lipinski definition) is 3. The van der Waals surface area contributed by atoms with Crippen LogP contribution in [0.3, 0.4) is 0 Å². The lowest BCUT2D eigenvalue weighted by Crippen LogP contribution is -2.16. The van der Waals surface area contributed by atoms with E-state index in [0.717, 1.165) is 0 Å². The Balaban J connectivity index is 2.90. The fourth-order valence-corrected chi connectivity index (χ4v) is 0.604. The average molecular weight is 210 g/mol. The molecule has 0 saturated carbocycles. The Kier molecular flexibility index (Phi) is 2.82. The Labute approximate surface area is 76.3 Å². The molecule has 0 spiro atoms. The van der Waals surface area contributed by atoms with Gasteiger partial charge in [0.2, 0.25) is 5.17 Å². The van der Waals surface area contributed by atoms with Gasteiger partial charge in [0.1, 0.15) is 0 Å². The van der Waals surface area contributed by atoms with Gasteiger partial charge in [0.05, 0.1) is 0 Å². The van der Waals surface area contributed by atoms with Crippen LogP contribution in [0.2, 0.25) is 0 Å². The summed E-state index contributed by atoms with van der Waals surface area (Å²) in [5.41, 5.74) is 0. The zero-order valence-corrected chi connectivity index (χ0v) is 6.84. The third-order valence-electron chi connectivity index (χ3n) is 1.00. The summed E-state index contributed by atoms with van der Waals surface area (Å²) in [6.45, 7) is 0. The highest BCUT2D eigenvalue weighted by atomic mass is 35.5. The van der Waals surface area contributed by atoms with Crippen molar-refractivity contribution in [3.8, 4) is 0 Å². The first-order chi connectivity index (χ1) is 6.00. The van der Waals surface area contributed by atoms with Gasteiger partial charge in [-0.05, 0) is 12.1 Å². The smallest absolute Gasteiger partial charge is 0.210 e. The Morgan fingerprint density at radius 1 is 1.46 bits per heavy atom. The summed E-state index contributed by atoms with van der Waals surface area (Å²) in [5, 5.41) is 5.18. The number of nitrogens with zero attached hydrogens (tertiary/aromatic N) is 3. The molecule has 1 heterocycles. The zero-order valence-electron chi connectivity index (χ0n) is 6.09. The van der Waals surface area contributed by atoms with Crippen molar-refractivity contribution in [2.75, 3.05) is 0 Å². The molecule has 0 bridgehead atoms. The molecule has 1 rings (SSSR count). The second kappa shape index (κ2) is 3.69. The predicted octanol–water partition coefficient (Wildman–Crippen LogP) is 2.31. The van der Waals surface area contributed by atoms with E-state index in [-0.39, 0.29) is 5.82 Å². The molecule has 70 valence electrons. The SMILES string of the molecule is FC(F)(F)C(Cl)=Nc1cccnn1. The van der Waals surface area contributed by atoms with Gasteiger partial charge in [-0.15, -0.1) is 5.10 Å². The lowest BCUT2D eigenvalue weighted by molar-refractivity contribution is -0.0558. The Morgan fingerprint density at radius 2 is 2.15 bits per heavy atom. The van der Waals surface area contributed by atoms with E-state index >= 15 is 0 Å². The Morgan fingerprint density at radius 3 is 2.62 bits per heavy atom. The number of halogens is 4. The molecule has 0 radical (unpaired) electrons. The maximum atomic E-state index is 11.8. The molecule has 0 N–H and O–H groups in total. The molecule has 0 amide bonds. The molecular formula is C6H3ClF3N3. The Hall–Kier alpha value is -1.17. The first-order valence-electron chi connectivity index (χ1n) is 3.09. The molecule has 0 aromatic carbocycles. The van der Waals surface area contributed by atoms with E-state index in [1.807, 2.05) is 0 Å². The molecule has 0 aliphatic rings. The Bertz CT molecular complexity index is 309. The molecule has 0 saturated heterocycles. The third-order valence-corrected chi connectivity index (χ3v) is 1.30. The molecule has 3 nitrogen and oxygen atoms in total. The summed E-state index contributed by atoms with van der Waals surface area (Å²) in [4.78, 5) is 3.01. The molecule has 1 aromatic rings. The molecule has 7 heteroatoms. The second-order valence-electron chi connectivity index (χ2n) is 1.98. The van der Waals surface area contributed by atoms with Crippen molar-refractivity contribution < 1.29 is 13.2 Å². The van der Waals surface area contributed by atoms with Crippen LogP contribution in [0, 0.1) is 0 Å². The molecule has 0 unspecified atom stereocenters. The summed E-state index contributed by atoms with van der Waals surface area (Å²) >= 11 is 4.85. The van der Waals surface area contributed by atoms with Gasteiger partial charge in [0, 0.05) is 6.20 Å². The number of hydrogen-bond donors (Lipinski definition) is 0. The molecule has 0 aliphatic heterocycles. The van der Waals surface area contributed by atoms with Gasteiger partial charge in [-0.2, -0.15) is 18.3 Å². The van der Waals surface area contributed by atoms with Gasteiger partial charge in [-0.25, -0.2) is 4.99 Å². The minimum atomic E-state index is -4.64. The van der Waals surface area contributed by atoms with Crippen LogP contribution in [0.25, 0.3) is 0 Å². The van der Waals surface area contributed by atoms with Gasteiger partial charge < -0.3 is 0 Å². The van der Waals surface area contributed by atoms with E-state index in [0.29, 0.717) is 0 Å². The van der Waals surface area contributed by atoms with Crippen LogP contribution in [0.5, 0.6) is 0 Å². The lowest BCUT2D eigenvalue weighted by atomic mass is 10.5. The van der Waals surface area contributed by atoms with Crippen molar-refractivity contribution >= 4 is 22.6 Å². The summed E-state index contributed by atoms with van der Waals surface area (Å²) in [7, 11) is 0. The fraction of sp³-hybridized carbons (Fsp3) is 0.167. The average Bonchev–Trinajstić information content (AvgIpc) is 2.04. The highest BCUT2D eigenvalue weighted by Gasteiger charge is 2.34. The van der Waals surface area contributed by atoms with Gasteiger partial charge >= 0.3 is 6.18 Å². The number of rotatable bonds is 1. The van der Waals surface area contributed by atoms with Crippen LogP contribution in [-0.2, 0) is 0 Å². The van der Waals surface area contributed by atoms with Crippen LogP contribution in [0.4, 0.5) is 19.0 Å². The standard InChI is InChI=1S/C6H3ClF3N3/c7-5(6(8,9)10)12-4-2-1-3-11-13-4/h1-3H. The number of alkyl halides is 3. The summed E-state index contributed by atoms with van der Waals surface area (Å²) in [6.07, 6.45) is -3.32. The molecular weight excluding hydrogens is 207 g/mol. The topological polar surface area (TPSA) is 38.1 Å². The maximum absolute atomic E-state index is 11.8. The highest BCUT2D eigenvalue weighted by Crippen LogP contribution is 2.22. The van der Waals surface area contributed by atoms with E-state index in [9.17, 15) is 13.2 Å². The molecule has 0 fully saturated rings.